The van der Waals surface area contributed by atoms with Crippen molar-refractivity contribution in [2.45, 2.75) is 32.8 Å². The van der Waals surface area contributed by atoms with Crippen LogP contribution in [0.5, 0.6) is 0 Å². The van der Waals surface area contributed by atoms with Crippen LogP contribution in [0.15, 0.2) is 24.3 Å². The molecule has 0 aromatic carbocycles. The average Bonchev–Trinajstić information content (AvgIpc) is 2.91. The summed E-state index contributed by atoms with van der Waals surface area (Å²) < 4.78 is 7.00. The Bertz CT molecular complexity index is 776. The lowest BCUT2D eigenvalue weighted by atomic mass is 10.1. The van der Waals surface area contributed by atoms with Crippen LogP contribution in [0.25, 0.3) is 11.2 Å². The van der Waals surface area contributed by atoms with Gasteiger partial charge in [-0.25, -0.2) is 14.3 Å². The third-order valence-electron chi connectivity index (χ3n) is 3.46. The molecular weight excluding hydrogens is 316 g/mol. The van der Waals surface area contributed by atoms with Crippen molar-refractivity contribution in [3.05, 3.63) is 35.3 Å². The molecule has 7 heteroatoms. The summed E-state index contributed by atoms with van der Waals surface area (Å²) >= 11 is 6.11. The number of amides is 1. The Labute approximate surface area is 139 Å². The lowest BCUT2D eigenvalue weighted by Crippen LogP contribution is -2.39. The molecule has 0 bridgehead atoms. The van der Waals surface area contributed by atoms with Crippen LogP contribution < -0.4 is 0 Å². The molecule has 0 N–H and O–H groups in total. The number of fused-ring (bicyclic) bond motifs is 1. The van der Waals surface area contributed by atoms with Crippen LogP contribution in [0, 0.1) is 0 Å². The molecule has 2 aromatic heterocycles. The molecule has 0 fully saturated rings. The highest BCUT2D eigenvalue weighted by Crippen LogP contribution is 2.22. The number of pyridine rings is 1. The second kappa shape index (κ2) is 5.85. The van der Waals surface area contributed by atoms with Crippen molar-refractivity contribution >= 4 is 28.9 Å². The van der Waals surface area contributed by atoms with Gasteiger partial charge in [-0.3, -0.25) is 0 Å². The molecule has 0 radical (unpaired) electrons. The van der Waals surface area contributed by atoms with Crippen LogP contribution in [0.1, 0.15) is 33.0 Å². The van der Waals surface area contributed by atoms with Gasteiger partial charge in [0.1, 0.15) is 10.8 Å². The highest BCUT2D eigenvalue weighted by Gasteiger charge is 2.24. The minimum Gasteiger partial charge on any atom is -0.444 e. The Morgan fingerprint density at radius 1 is 1.35 bits per heavy atom. The summed E-state index contributed by atoms with van der Waals surface area (Å²) in [6.07, 6.45) is 2.36. The molecule has 3 heterocycles. The van der Waals surface area contributed by atoms with Gasteiger partial charge in [0.15, 0.2) is 11.5 Å². The molecule has 1 amide bonds. The summed E-state index contributed by atoms with van der Waals surface area (Å²) in [4.78, 5) is 18.2. The minimum absolute atomic E-state index is 0.293. The highest BCUT2D eigenvalue weighted by molar-refractivity contribution is 6.29. The SMILES string of the molecule is CC(C)(C)OC(=O)N1CC=C(c2nc3cccc(Cl)n3n2)CC1. The van der Waals surface area contributed by atoms with Crippen molar-refractivity contribution in [2.75, 3.05) is 13.1 Å². The molecule has 0 saturated carbocycles. The van der Waals surface area contributed by atoms with Crippen LogP contribution in [0.2, 0.25) is 5.15 Å². The predicted octanol–water partition coefficient (Wildman–Crippen LogP) is 3.41. The molecule has 0 atom stereocenters. The van der Waals surface area contributed by atoms with Crippen molar-refractivity contribution in [3.8, 4) is 0 Å². The van der Waals surface area contributed by atoms with Gasteiger partial charge in [0.2, 0.25) is 0 Å². The van der Waals surface area contributed by atoms with E-state index in [0.29, 0.717) is 36.1 Å². The summed E-state index contributed by atoms with van der Waals surface area (Å²) in [6, 6.07) is 5.47. The first kappa shape index (κ1) is 15.8. The first-order valence-corrected chi connectivity index (χ1v) is 7.90. The third-order valence-corrected chi connectivity index (χ3v) is 3.75. The number of ether oxygens (including phenoxy) is 1. The van der Waals surface area contributed by atoms with Crippen LogP contribution in [0.4, 0.5) is 4.79 Å². The number of aromatic nitrogens is 3. The van der Waals surface area contributed by atoms with Gasteiger partial charge in [-0.2, -0.15) is 0 Å². The van der Waals surface area contributed by atoms with E-state index < -0.39 is 5.60 Å². The van der Waals surface area contributed by atoms with Gasteiger partial charge in [0, 0.05) is 13.1 Å². The molecule has 2 aromatic rings. The smallest absolute Gasteiger partial charge is 0.410 e. The highest BCUT2D eigenvalue weighted by atomic mass is 35.5. The summed E-state index contributed by atoms with van der Waals surface area (Å²) in [7, 11) is 0. The van der Waals surface area contributed by atoms with Gasteiger partial charge in [0.25, 0.3) is 0 Å². The van der Waals surface area contributed by atoms with E-state index in [4.69, 9.17) is 16.3 Å². The van der Waals surface area contributed by atoms with Crippen molar-refractivity contribution < 1.29 is 9.53 Å². The molecule has 0 spiro atoms. The molecule has 23 heavy (non-hydrogen) atoms. The van der Waals surface area contributed by atoms with Crippen LogP contribution in [-0.4, -0.2) is 44.3 Å². The topological polar surface area (TPSA) is 59.7 Å². The van der Waals surface area contributed by atoms with E-state index in [1.54, 1.807) is 15.5 Å². The van der Waals surface area contributed by atoms with Crippen molar-refractivity contribution in [1.82, 2.24) is 19.5 Å². The van der Waals surface area contributed by atoms with Gasteiger partial charge in [-0.15, -0.1) is 5.10 Å². The first-order chi connectivity index (χ1) is 10.8. The van der Waals surface area contributed by atoms with Crippen molar-refractivity contribution in [1.29, 1.82) is 0 Å². The maximum Gasteiger partial charge on any atom is 0.410 e. The maximum atomic E-state index is 12.1. The number of hydrogen-bond donors (Lipinski definition) is 0. The largest absolute Gasteiger partial charge is 0.444 e. The Kier molecular flexibility index (Phi) is 4.02. The summed E-state index contributed by atoms with van der Waals surface area (Å²) in [5.74, 6) is 0.655. The van der Waals surface area contributed by atoms with Crippen molar-refractivity contribution in [3.63, 3.8) is 0 Å². The summed E-state index contributed by atoms with van der Waals surface area (Å²) in [5, 5.41) is 4.96. The molecule has 1 aliphatic rings. The zero-order valence-corrected chi connectivity index (χ0v) is 14.2. The van der Waals surface area contributed by atoms with E-state index >= 15 is 0 Å². The Morgan fingerprint density at radius 2 is 2.13 bits per heavy atom. The Balaban J connectivity index is 1.75. The zero-order chi connectivity index (χ0) is 16.6. The lowest BCUT2D eigenvalue weighted by Gasteiger charge is -2.29. The quantitative estimate of drug-likeness (QED) is 0.750. The summed E-state index contributed by atoms with van der Waals surface area (Å²) in [6.45, 7) is 6.67. The monoisotopic (exact) mass is 334 g/mol. The predicted molar refractivity (Wildman–Crippen MR) is 88.4 cm³/mol. The van der Waals surface area contributed by atoms with E-state index in [-0.39, 0.29) is 6.09 Å². The molecule has 122 valence electrons. The van der Waals surface area contributed by atoms with E-state index in [1.165, 1.54) is 0 Å². The van der Waals surface area contributed by atoms with E-state index in [1.807, 2.05) is 39.0 Å². The molecular formula is C16H19ClN4O2. The number of nitrogens with zero attached hydrogens (tertiary/aromatic N) is 4. The minimum atomic E-state index is -0.485. The van der Waals surface area contributed by atoms with Gasteiger partial charge >= 0.3 is 6.09 Å². The van der Waals surface area contributed by atoms with E-state index in [9.17, 15) is 4.79 Å². The van der Waals surface area contributed by atoms with E-state index in [0.717, 1.165) is 5.57 Å². The second-order valence-corrected chi connectivity index (χ2v) is 6.85. The van der Waals surface area contributed by atoms with Crippen LogP contribution in [-0.2, 0) is 4.74 Å². The summed E-state index contributed by atoms with van der Waals surface area (Å²) in [5.41, 5.74) is 1.24. The molecule has 0 saturated heterocycles. The molecule has 3 rings (SSSR count). The van der Waals surface area contributed by atoms with Gasteiger partial charge in [-0.1, -0.05) is 23.7 Å². The molecule has 1 aliphatic heterocycles. The third kappa shape index (κ3) is 3.47. The average molecular weight is 335 g/mol. The molecule has 0 unspecified atom stereocenters. The zero-order valence-electron chi connectivity index (χ0n) is 13.4. The number of halogens is 1. The van der Waals surface area contributed by atoms with E-state index in [2.05, 4.69) is 10.1 Å². The fourth-order valence-corrected chi connectivity index (χ4v) is 2.57. The fourth-order valence-electron chi connectivity index (χ4n) is 2.37. The number of carbonyl (C=O) groups excluding carboxylic acids is 1. The normalized spacial score (nSPS) is 15.7. The number of carbonyl (C=O) groups is 1. The second-order valence-electron chi connectivity index (χ2n) is 6.46. The molecule has 0 aliphatic carbocycles. The standard InChI is InChI=1S/C16H19ClN4O2/c1-16(2,3)23-15(22)20-9-7-11(8-10-20)14-18-13-6-4-5-12(17)21(13)19-14/h4-7H,8-10H2,1-3H3. The van der Waals surface area contributed by atoms with Gasteiger partial charge in [0.05, 0.1) is 0 Å². The Morgan fingerprint density at radius 3 is 2.74 bits per heavy atom. The first-order valence-electron chi connectivity index (χ1n) is 7.52. The lowest BCUT2D eigenvalue weighted by molar-refractivity contribution is 0.0270. The maximum absolute atomic E-state index is 12.1. The van der Waals surface area contributed by atoms with Gasteiger partial charge in [-0.05, 0) is 44.9 Å². The number of hydrogen-bond acceptors (Lipinski definition) is 4. The number of rotatable bonds is 1. The van der Waals surface area contributed by atoms with Crippen LogP contribution in [0.3, 0.4) is 0 Å². The fraction of sp³-hybridized carbons (Fsp3) is 0.438. The van der Waals surface area contributed by atoms with Gasteiger partial charge < -0.3 is 9.64 Å². The molecule has 6 nitrogen and oxygen atoms in total. The van der Waals surface area contributed by atoms with Crippen molar-refractivity contribution in [2.24, 2.45) is 0 Å². The Hall–Kier alpha value is -2.08. The van der Waals surface area contributed by atoms with Crippen LogP contribution >= 0.6 is 11.6 Å².